The highest BCUT2D eigenvalue weighted by atomic mass is 16.8. The van der Waals surface area contributed by atoms with Gasteiger partial charge in [0.1, 0.15) is 12.4 Å². The molecule has 0 bridgehead atoms. The number of ether oxygens (including phenoxy) is 3. The lowest BCUT2D eigenvalue weighted by atomic mass is 10.1. The van der Waals surface area contributed by atoms with Crippen LogP contribution < -0.4 is 15.5 Å². The molecule has 202 valence electrons. The zero-order valence-corrected chi connectivity index (χ0v) is 21.8. The van der Waals surface area contributed by atoms with Crippen LogP contribution in [0.4, 0.5) is 0 Å². The van der Waals surface area contributed by atoms with E-state index in [1.165, 1.54) is 11.0 Å². The van der Waals surface area contributed by atoms with E-state index in [4.69, 9.17) is 19.0 Å². The van der Waals surface area contributed by atoms with Gasteiger partial charge in [-0.2, -0.15) is 0 Å². The van der Waals surface area contributed by atoms with Crippen LogP contribution in [0.5, 0.6) is 5.75 Å². The number of hydrogen-bond donors (Lipinski definition) is 2. The quantitative estimate of drug-likeness (QED) is 0.214. The van der Waals surface area contributed by atoms with Crippen LogP contribution in [0.25, 0.3) is 10.8 Å². The monoisotopic (exact) mass is 511 g/mol. The van der Waals surface area contributed by atoms with Crippen LogP contribution in [0.3, 0.4) is 0 Å². The number of allylic oxidation sites excluding steroid dienone is 1. The van der Waals surface area contributed by atoms with Crippen LogP contribution >= 0.6 is 0 Å². The van der Waals surface area contributed by atoms with E-state index in [2.05, 4.69) is 40.0 Å². The number of amides is 1. The number of carbonyl (C=O) groups is 1. The number of hydrogen-bond acceptors (Lipinski definition) is 7. The Labute approximate surface area is 220 Å². The van der Waals surface area contributed by atoms with E-state index in [9.17, 15) is 4.79 Å². The molecule has 2 heterocycles. The maximum Gasteiger partial charge on any atom is 0.243 e. The summed E-state index contributed by atoms with van der Waals surface area (Å²) in [5.74, 6) is 0.809. The number of carbonyl (C=O) groups excluding carboxylic acids is 1. The highest BCUT2D eigenvalue weighted by Gasteiger charge is 2.17. The van der Waals surface area contributed by atoms with Crippen LogP contribution in [-0.2, 0) is 19.1 Å². The van der Waals surface area contributed by atoms with Gasteiger partial charge in [-0.25, -0.2) is 10.3 Å². The fourth-order valence-electron chi connectivity index (χ4n) is 4.54. The van der Waals surface area contributed by atoms with Crippen LogP contribution in [0.2, 0.25) is 0 Å². The molecule has 0 spiro atoms. The Balaban J connectivity index is 1.22. The summed E-state index contributed by atoms with van der Waals surface area (Å²) in [6, 6.07) is 14.5. The summed E-state index contributed by atoms with van der Waals surface area (Å²) in [5.41, 5.74) is 3.74. The molecule has 8 nitrogen and oxygen atoms in total. The number of nitrogens with zero attached hydrogens (tertiary/aromatic N) is 1. The van der Waals surface area contributed by atoms with E-state index in [1.807, 2.05) is 24.3 Å². The molecule has 0 aliphatic carbocycles. The van der Waals surface area contributed by atoms with E-state index in [-0.39, 0.29) is 12.2 Å². The van der Waals surface area contributed by atoms with Crippen molar-refractivity contribution in [2.45, 2.75) is 44.8 Å². The highest BCUT2D eigenvalue weighted by Crippen LogP contribution is 2.25. The number of morpholine rings is 1. The Morgan fingerprint density at radius 1 is 1.08 bits per heavy atom. The van der Waals surface area contributed by atoms with E-state index < -0.39 is 0 Å². The fourth-order valence-corrected chi connectivity index (χ4v) is 4.54. The van der Waals surface area contributed by atoms with E-state index in [0.717, 1.165) is 89.2 Å². The van der Waals surface area contributed by atoms with E-state index in [1.54, 1.807) is 0 Å². The number of nitrogens with one attached hydrogen (secondary N) is 2. The number of hydroxylamine groups is 1. The number of benzene rings is 2. The van der Waals surface area contributed by atoms with Crippen molar-refractivity contribution in [3.8, 4) is 5.75 Å². The summed E-state index contributed by atoms with van der Waals surface area (Å²) in [7, 11) is 0. The van der Waals surface area contributed by atoms with Crippen molar-refractivity contribution in [2.24, 2.45) is 0 Å². The molecule has 4 rings (SSSR count). The molecule has 2 aliphatic rings. The predicted molar refractivity (Wildman–Crippen MR) is 144 cm³/mol. The second-order valence-corrected chi connectivity index (χ2v) is 9.59. The summed E-state index contributed by atoms with van der Waals surface area (Å²) < 4.78 is 17.1. The van der Waals surface area contributed by atoms with Crippen LogP contribution in [0.1, 0.15) is 38.5 Å². The van der Waals surface area contributed by atoms with E-state index in [0.29, 0.717) is 19.6 Å². The zero-order valence-electron chi connectivity index (χ0n) is 21.8. The average molecular weight is 512 g/mol. The number of fused-ring (bicyclic) bond motifs is 1. The Morgan fingerprint density at radius 2 is 1.95 bits per heavy atom. The summed E-state index contributed by atoms with van der Waals surface area (Å²) >= 11 is 0. The lowest BCUT2D eigenvalue weighted by Gasteiger charge is -2.26. The summed E-state index contributed by atoms with van der Waals surface area (Å²) in [5, 5.41) is 5.89. The molecule has 1 unspecified atom stereocenters. The van der Waals surface area contributed by atoms with Crippen LogP contribution in [0.15, 0.2) is 54.1 Å². The SMILES string of the molecule is O=C(CCCCC=C(CNCCN1CCOCC1)COc1cccc2ccccc12)NOC1CCCO1. The summed E-state index contributed by atoms with van der Waals surface area (Å²) in [6.07, 6.45) is 6.84. The normalized spacial score (nSPS) is 18.8. The highest BCUT2D eigenvalue weighted by molar-refractivity contribution is 5.88. The van der Waals surface area contributed by atoms with Gasteiger partial charge < -0.3 is 19.5 Å². The molecule has 2 saturated heterocycles. The van der Waals surface area contributed by atoms with Crippen molar-refractivity contribution in [3.63, 3.8) is 0 Å². The number of rotatable bonds is 15. The van der Waals surface area contributed by atoms with Gasteiger partial charge >= 0.3 is 0 Å². The van der Waals surface area contributed by atoms with Gasteiger partial charge in [0.15, 0.2) is 6.29 Å². The maximum absolute atomic E-state index is 12.0. The van der Waals surface area contributed by atoms with Gasteiger partial charge in [0.2, 0.25) is 5.91 Å². The third-order valence-electron chi connectivity index (χ3n) is 6.71. The molecule has 2 aromatic rings. The standard InChI is InChI=1S/C29H41N3O5/c33-28(31-37-29-14-7-19-35-29)13-3-1-2-8-24(22-30-15-16-32-17-20-34-21-18-32)23-36-27-12-6-10-25-9-4-5-11-26(25)27/h4-6,8-12,29-30H,1-3,7,13-23H2,(H,31,33). The van der Waals surface area contributed by atoms with Gasteiger partial charge in [-0.1, -0.05) is 42.5 Å². The lowest BCUT2D eigenvalue weighted by Crippen LogP contribution is -2.40. The molecule has 8 heteroatoms. The molecule has 2 N–H and O–H groups in total. The van der Waals surface area contributed by atoms with Gasteiger partial charge in [-0.15, -0.1) is 0 Å². The molecular weight excluding hydrogens is 470 g/mol. The Bertz CT molecular complexity index is 981. The topological polar surface area (TPSA) is 81.3 Å². The van der Waals surface area contributed by atoms with Crippen molar-refractivity contribution in [2.75, 3.05) is 59.2 Å². The van der Waals surface area contributed by atoms with Crippen molar-refractivity contribution in [1.29, 1.82) is 0 Å². The maximum atomic E-state index is 12.0. The van der Waals surface area contributed by atoms with Crippen molar-refractivity contribution < 1.29 is 23.8 Å². The van der Waals surface area contributed by atoms with Crippen molar-refractivity contribution in [3.05, 3.63) is 54.1 Å². The minimum absolute atomic E-state index is 0.0937. The summed E-state index contributed by atoms with van der Waals surface area (Å²) in [6.45, 7) is 7.60. The molecule has 0 saturated carbocycles. The van der Waals surface area contributed by atoms with E-state index >= 15 is 0 Å². The molecule has 0 radical (unpaired) electrons. The first-order valence-corrected chi connectivity index (χ1v) is 13.6. The van der Waals surface area contributed by atoms with Gasteiger partial charge in [0.25, 0.3) is 0 Å². The zero-order chi connectivity index (χ0) is 25.5. The third-order valence-corrected chi connectivity index (χ3v) is 6.71. The Morgan fingerprint density at radius 3 is 2.81 bits per heavy atom. The lowest BCUT2D eigenvalue weighted by molar-refractivity contribution is -0.171. The van der Waals surface area contributed by atoms with Gasteiger partial charge in [0.05, 0.1) is 19.8 Å². The minimum Gasteiger partial charge on any atom is -0.489 e. The molecule has 1 amide bonds. The third kappa shape index (κ3) is 9.72. The predicted octanol–water partition coefficient (Wildman–Crippen LogP) is 3.81. The summed E-state index contributed by atoms with van der Waals surface area (Å²) in [4.78, 5) is 19.7. The smallest absolute Gasteiger partial charge is 0.243 e. The van der Waals surface area contributed by atoms with Crippen molar-refractivity contribution in [1.82, 2.24) is 15.7 Å². The fraction of sp³-hybridized carbons (Fsp3) is 0.552. The Kier molecular flexibility index (Phi) is 11.7. The first kappa shape index (κ1) is 27.5. The van der Waals surface area contributed by atoms with Crippen LogP contribution in [0, 0.1) is 0 Å². The van der Waals surface area contributed by atoms with Gasteiger partial charge in [-0.3, -0.25) is 9.69 Å². The van der Waals surface area contributed by atoms with Crippen LogP contribution in [-0.4, -0.2) is 76.2 Å². The second kappa shape index (κ2) is 15.7. The Hall–Kier alpha value is -2.49. The molecular formula is C29H41N3O5. The molecule has 2 fully saturated rings. The molecule has 2 aliphatic heterocycles. The molecule has 1 atom stereocenters. The molecule has 0 aromatic heterocycles. The second-order valence-electron chi connectivity index (χ2n) is 9.59. The minimum atomic E-state index is -0.299. The molecule has 2 aromatic carbocycles. The first-order valence-electron chi connectivity index (χ1n) is 13.6. The van der Waals surface area contributed by atoms with Gasteiger partial charge in [-0.05, 0) is 42.7 Å². The largest absolute Gasteiger partial charge is 0.489 e. The first-order chi connectivity index (χ1) is 18.3. The average Bonchev–Trinajstić information content (AvgIpc) is 3.46. The molecule has 37 heavy (non-hydrogen) atoms. The number of unbranched alkanes of at least 4 members (excludes halogenated alkanes) is 2. The van der Waals surface area contributed by atoms with Crippen molar-refractivity contribution >= 4 is 16.7 Å². The van der Waals surface area contributed by atoms with Gasteiger partial charge in [0, 0.05) is 51.0 Å².